The zero-order chi connectivity index (χ0) is 14.8. The Morgan fingerprint density at radius 1 is 1.50 bits per heavy atom. The molecule has 1 aliphatic rings. The molecule has 5 nitrogen and oxygen atoms in total. The summed E-state index contributed by atoms with van der Waals surface area (Å²) >= 11 is 0. The van der Waals surface area contributed by atoms with Gasteiger partial charge in [0.1, 0.15) is 5.75 Å². The van der Waals surface area contributed by atoms with E-state index in [0.717, 1.165) is 25.0 Å². The van der Waals surface area contributed by atoms with E-state index in [9.17, 15) is 10.2 Å². The molecular formula is C15H24N2O3. The second-order valence-corrected chi connectivity index (χ2v) is 6.03. The summed E-state index contributed by atoms with van der Waals surface area (Å²) in [7, 11) is 0. The van der Waals surface area contributed by atoms with Gasteiger partial charge in [-0.3, -0.25) is 4.98 Å². The lowest BCUT2D eigenvalue weighted by molar-refractivity contribution is -0.0630. The maximum absolute atomic E-state index is 10.1. The molecule has 20 heavy (non-hydrogen) atoms. The Bertz CT molecular complexity index is 474. The van der Waals surface area contributed by atoms with Crippen molar-refractivity contribution in [2.75, 3.05) is 6.61 Å². The minimum atomic E-state index is -0.114. The number of ether oxygens (including phenoxy) is 1. The van der Waals surface area contributed by atoms with Crippen molar-refractivity contribution in [1.82, 2.24) is 10.3 Å². The molecule has 0 spiro atoms. The number of aryl methyl sites for hydroxylation is 1. The maximum Gasteiger partial charge on any atom is 0.141 e. The number of hydrogen-bond acceptors (Lipinski definition) is 5. The molecule has 1 saturated heterocycles. The quantitative estimate of drug-likeness (QED) is 0.782. The Hall–Kier alpha value is -1.17. The van der Waals surface area contributed by atoms with E-state index in [0.29, 0.717) is 23.8 Å². The van der Waals surface area contributed by atoms with E-state index in [1.165, 1.54) is 0 Å². The average Bonchev–Trinajstić information content (AvgIpc) is 2.39. The smallest absolute Gasteiger partial charge is 0.141 e. The summed E-state index contributed by atoms with van der Waals surface area (Å²) in [5.74, 6) is 0.176. The van der Waals surface area contributed by atoms with Crippen molar-refractivity contribution < 1.29 is 14.9 Å². The molecule has 1 aromatic heterocycles. The molecule has 1 unspecified atom stereocenters. The van der Waals surface area contributed by atoms with E-state index in [2.05, 4.69) is 24.1 Å². The molecule has 0 radical (unpaired) electrons. The van der Waals surface area contributed by atoms with Gasteiger partial charge < -0.3 is 20.3 Å². The van der Waals surface area contributed by atoms with Gasteiger partial charge in [-0.15, -0.1) is 0 Å². The van der Waals surface area contributed by atoms with Gasteiger partial charge in [-0.2, -0.15) is 0 Å². The fourth-order valence-electron chi connectivity index (χ4n) is 2.67. The predicted molar refractivity (Wildman–Crippen MR) is 76.5 cm³/mol. The van der Waals surface area contributed by atoms with Crippen molar-refractivity contribution in [1.29, 1.82) is 0 Å². The number of hydrogen-bond donors (Lipinski definition) is 3. The molecular weight excluding hydrogens is 256 g/mol. The van der Waals surface area contributed by atoms with Crippen LogP contribution in [-0.2, 0) is 17.9 Å². The predicted octanol–water partition coefficient (Wildman–Crippen LogP) is 1.64. The van der Waals surface area contributed by atoms with Crippen molar-refractivity contribution in [3.63, 3.8) is 0 Å². The molecule has 2 heterocycles. The Morgan fingerprint density at radius 3 is 2.90 bits per heavy atom. The molecule has 1 aromatic rings. The van der Waals surface area contributed by atoms with E-state index in [4.69, 9.17) is 4.74 Å². The Morgan fingerprint density at radius 2 is 2.25 bits per heavy atom. The lowest BCUT2D eigenvalue weighted by Gasteiger charge is -2.36. The van der Waals surface area contributed by atoms with Gasteiger partial charge in [0.25, 0.3) is 0 Å². The number of aliphatic hydroxyl groups excluding tert-OH is 1. The number of nitrogens with zero attached hydrogens (tertiary/aromatic N) is 1. The second kappa shape index (κ2) is 6.08. The van der Waals surface area contributed by atoms with Crippen LogP contribution in [0.4, 0.5) is 0 Å². The van der Waals surface area contributed by atoms with Gasteiger partial charge in [-0.25, -0.2) is 0 Å². The Kier molecular flexibility index (Phi) is 4.62. The molecule has 1 fully saturated rings. The zero-order valence-corrected chi connectivity index (χ0v) is 12.4. The third-order valence-electron chi connectivity index (χ3n) is 3.87. The summed E-state index contributed by atoms with van der Waals surface area (Å²) in [5.41, 5.74) is 1.90. The van der Waals surface area contributed by atoms with Crippen LogP contribution in [0.2, 0.25) is 0 Å². The SMILES string of the molecule is Cc1ncc(CO)c(CNC2CCOC(C)(C)C2)c1O. The molecule has 0 aromatic carbocycles. The zero-order valence-electron chi connectivity index (χ0n) is 12.4. The second-order valence-electron chi connectivity index (χ2n) is 6.03. The minimum Gasteiger partial charge on any atom is -0.506 e. The molecule has 0 bridgehead atoms. The standard InChI is InChI=1S/C15H24N2O3/c1-10-14(19)13(11(9-18)7-16-10)8-17-12-4-5-20-15(2,3)6-12/h7,12,17-19H,4-6,8-9H2,1-3H3. The molecule has 1 aliphatic heterocycles. The maximum atomic E-state index is 10.1. The first-order valence-corrected chi connectivity index (χ1v) is 7.07. The van der Waals surface area contributed by atoms with Crippen LogP contribution in [0.1, 0.15) is 43.5 Å². The lowest BCUT2D eigenvalue weighted by Crippen LogP contribution is -2.43. The van der Waals surface area contributed by atoms with Crippen LogP contribution in [0.15, 0.2) is 6.20 Å². The highest BCUT2D eigenvalue weighted by molar-refractivity contribution is 5.40. The number of aromatic hydroxyl groups is 1. The van der Waals surface area contributed by atoms with Crippen molar-refractivity contribution in [3.05, 3.63) is 23.0 Å². The topological polar surface area (TPSA) is 74.6 Å². The van der Waals surface area contributed by atoms with Gasteiger partial charge in [0.05, 0.1) is 17.9 Å². The van der Waals surface area contributed by atoms with Crippen molar-refractivity contribution in [2.24, 2.45) is 0 Å². The third kappa shape index (κ3) is 3.48. The number of rotatable bonds is 4. The van der Waals surface area contributed by atoms with Gasteiger partial charge in [-0.05, 0) is 33.6 Å². The van der Waals surface area contributed by atoms with Crippen LogP contribution in [0, 0.1) is 6.92 Å². The molecule has 0 amide bonds. The van der Waals surface area contributed by atoms with Crippen LogP contribution in [0.3, 0.4) is 0 Å². The van der Waals surface area contributed by atoms with E-state index < -0.39 is 0 Å². The summed E-state index contributed by atoms with van der Waals surface area (Å²) in [6.45, 7) is 7.11. The van der Waals surface area contributed by atoms with Crippen molar-refractivity contribution >= 4 is 0 Å². The van der Waals surface area contributed by atoms with Crippen LogP contribution in [0.5, 0.6) is 5.75 Å². The first-order valence-electron chi connectivity index (χ1n) is 7.07. The molecule has 0 aliphatic carbocycles. The van der Waals surface area contributed by atoms with Gasteiger partial charge in [0.15, 0.2) is 0 Å². The fraction of sp³-hybridized carbons (Fsp3) is 0.667. The summed E-state index contributed by atoms with van der Waals surface area (Å²) < 4.78 is 5.70. The van der Waals surface area contributed by atoms with E-state index >= 15 is 0 Å². The fourth-order valence-corrected chi connectivity index (χ4v) is 2.67. The molecule has 1 atom stereocenters. The number of pyridine rings is 1. The van der Waals surface area contributed by atoms with Crippen LogP contribution < -0.4 is 5.32 Å². The summed E-state index contributed by atoms with van der Waals surface area (Å²) in [5, 5.41) is 22.9. The highest BCUT2D eigenvalue weighted by Crippen LogP contribution is 2.26. The number of aromatic nitrogens is 1. The largest absolute Gasteiger partial charge is 0.506 e. The summed E-state index contributed by atoms with van der Waals surface area (Å²) in [4.78, 5) is 4.07. The molecule has 2 rings (SSSR count). The van der Waals surface area contributed by atoms with E-state index in [1.807, 2.05) is 0 Å². The van der Waals surface area contributed by atoms with Crippen molar-refractivity contribution in [3.8, 4) is 5.75 Å². The summed E-state index contributed by atoms with van der Waals surface area (Å²) in [6, 6.07) is 0.359. The van der Waals surface area contributed by atoms with Gasteiger partial charge in [0.2, 0.25) is 0 Å². The molecule has 3 N–H and O–H groups in total. The molecule has 112 valence electrons. The van der Waals surface area contributed by atoms with Crippen molar-refractivity contribution in [2.45, 2.75) is 58.4 Å². The van der Waals surface area contributed by atoms with Crippen LogP contribution in [0.25, 0.3) is 0 Å². The van der Waals surface area contributed by atoms with E-state index in [-0.39, 0.29) is 18.0 Å². The number of aliphatic hydroxyl groups is 1. The van der Waals surface area contributed by atoms with Gasteiger partial charge >= 0.3 is 0 Å². The normalized spacial score (nSPS) is 21.9. The van der Waals surface area contributed by atoms with Crippen LogP contribution in [-0.4, -0.2) is 33.4 Å². The van der Waals surface area contributed by atoms with E-state index in [1.54, 1.807) is 13.1 Å². The Balaban J connectivity index is 2.05. The molecule has 5 heteroatoms. The molecule has 0 saturated carbocycles. The third-order valence-corrected chi connectivity index (χ3v) is 3.87. The highest BCUT2D eigenvalue weighted by atomic mass is 16.5. The number of nitrogens with one attached hydrogen (secondary N) is 1. The van der Waals surface area contributed by atoms with Crippen LogP contribution >= 0.6 is 0 Å². The Labute approximate surface area is 120 Å². The summed E-state index contributed by atoms with van der Waals surface area (Å²) in [6.07, 6.45) is 3.52. The average molecular weight is 280 g/mol. The lowest BCUT2D eigenvalue weighted by atomic mass is 9.93. The van der Waals surface area contributed by atoms with Gasteiger partial charge in [-0.1, -0.05) is 0 Å². The van der Waals surface area contributed by atoms with Gasteiger partial charge in [0, 0.05) is 36.5 Å². The minimum absolute atomic E-state index is 0.105. The monoisotopic (exact) mass is 280 g/mol. The highest BCUT2D eigenvalue weighted by Gasteiger charge is 2.28. The first-order chi connectivity index (χ1) is 9.43. The first kappa shape index (κ1) is 15.2.